The molecule has 0 aliphatic rings. The molecular weight excluding hydrogens is 308 g/mol. The van der Waals surface area contributed by atoms with Crippen LogP contribution in [0.2, 0.25) is 0 Å². The molecule has 0 atom stereocenters. The summed E-state index contributed by atoms with van der Waals surface area (Å²) in [6.07, 6.45) is 3.38. The van der Waals surface area contributed by atoms with E-state index in [1.54, 1.807) is 0 Å². The summed E-state index contributed by atoms with van der Waals surface area (Å²) in [4.78, 5) is 11.7. The Hall–Kier alpha value is -3.02. The average molecular weight is 328 g/mol. The van der Waals surface area contributed by atoms with Gasteiger partial charge in [-0.05, 0) is 36.2 Å². The van der Waals surface area contributed by atoms with Gasteiger partial charge in [0.05, 0.1) is 6.21 Å². The third kappa shape index (κ3) is 5.31. The second-order valence-corrected chi connectivity index (χ2v) is 5.22. The molecule has 0 heterocycles. The van der Waals surface area contributed by atoms with Gasteiger partial charge in [0.1, 0.15) is 17.2 Å². The van der Waals surface area contributed by atoms with Crippen LogP contribution in [0.15, 0.2) is 47.6 Å². The summed E-state index contributed by atoms with van der Waals surface area (Å²) in [6.45, 7) is 1.96. The number of ether oxygens (including phenoxy) is 1. The minimum absolute atomic E-state index is 0.0490. The van der Waals surface area contributed by atoms with Gasteiger partial charge >= 0.3 is 0 Å². The van der Waals surface area contributed by atoms with Crippen LogP contribution in [0.4, 0.5) is 0 Å². The Morgan fingerprint density at radius 3 is 2.62 bits per heavy atom. The number of nitrogens with one attached hydrogen (secondary N) is 1. The van der Waals surface area contributed by atoms with Gasteiger partial charge in [-0.2, -0.15) is 5.10 Å². The molecule has 3 N–H and O–H groups in total. The van der Waals surface area contributed by atoms with Crippen LogP contribution < -0.4 is 10.2 Å². The van der Waals surface area contributed by atoms with Crippen LogP contribution in [0.25, 0.3) is 0 Å². The minimum Gasteiger partial charge on any atom is -0.508 e. The molecule has 2 aromatic carbocycles. The van der Waals surface area contributed by atoms with Crippen molar-refractivity contribution in [2.24, 2.45) is 5.10 Å². The summed E-state index contributed by atoms with van der Waals surface area (Å²) >= 11 is 0. The van der Waals surface area contributed by atoms with Crippen LogP contribution in [0.3, 0.4) is 0 Å². The van der Waals surface area contributed by atoms with Crippen LogP contribution >= 0.6 is 0 Å². The number of amides is 1. The fourth-order valence-electron chi connectivity index (χ4n) is 2.04. The fourth-order valence-corrected chi connectivity index (χ4v) is 2.04. The molecule has 24 heavy (non-hydrogen) atoms. The quantitative estimate of drug-likeness (QED) is 0.538. The molecule has 0 aliphatic carbocycles. The van der Waals surface area contributed by atoms with Crippen LogP contribution in [0, 0.1) is 0 Å². The van der Waals surface area contributed by atoms with Crippen LogP contribution in [0.1, 0.15) is 24.5 Å². The molecule has 126 valence electrons. The van der Waals surface area contributed by atoms with Crippen molar-refractivity contribution in [3.8, 4) is 17.2 Å². The second-order valence-electron chi connectivity index (χ2n) is 5.22. The summed E-state index contributed by atoms with van der Waals surface area (Å²) in [7, 11) is 0. The van der Waals surface area contributed by atoms with E-state index in [0.29, 0.717) is 11.3 Å². The predicted octanol–water partition coefficient (Wildman–Crippen LogP) is 2.58. The number of hydrazone groups is 1. The highest BCUT2D eigenvalue weighted by atomic mass is 16.5. The van der Waals surface area contributed by atoms with Crippen molar-refractivity contribution in [1.29, 1.82) is 0 Å². The fraction of sp³-hybridized carbons (Fsp3) is 0.222. The number of nitrogens with zero attached hydrogens (tertiary/aromatic N) is 1. The highest BCUT2D eigenvalue weighted by molar-refractivity contribution is 5.85. The van der Waals surface area contributed by atoms with E-state index in [1.807, 2.05) is 24.3 Å². The number of aromatic hydroxyl groups is 2. The Kier molecular flexibility index (Phi) is 6.19. The van der Waals surface area contributed by atoms with Gasteiger partial charge < -0.3 is 14.9 Å². The smallest absolute Gasteiger partial charge is 0.277 e. The van der Waals surface area contributed by atoms with Gasteiger partial charge in [0.25, 0.3) is 5.91 Å². The predicted molar refractivity (Wildman–Crippen MR) is 91.4 cm³/mol. The van der Waals surface area contributed by atoms with E-state index in [1.165, 1.54) is 30.0 Å². The van der Waals surface area contributed by atoms with Crippen LogP contribution in [0.5, 0.6) is 17.2 Å². The third-order valence-electron chi connectivity index (χ3n) is 3.24. The van der Waals surface area contributed by atoms with Gasteiger partial charge in [0.2, 0.25) is 0 Å². The number of carbonyl (C=O) groups is 1. The Balaban J connectivity index is 1.79. The topological polar surface area (TPSA) is 91.2 Å². The summed E-state index contributed by atoms with van der Waals surface area (Å²) in [5, 5.41) is 22.5. The molecule has 6 heteroatoms. The molecule has 0 saturated carbocycles. The molecule has 0 saturated heterocycles. The van der Waals surface area contributed by atoms with Crippen molar-refractivity contribution >= 4 is 12.1 Å². The summed E-state index contributed by atoms with van der Waals surface area (Å²) in [5.41, 5.74) is 3.91. The van der Waals surface area contributed by atoms with E-state index in [-0.39, 0.29) is 18.1 Å². The lowest BCUT2D eigenvalue weighted by atomic mass is 10.1. The van der Waals surface area contributed by atoms with E-state index in [9.17, 15) is 15.0 Å². The van der Waals surface area contributed by atoms with Gasteiger partial charge in [0, 0.05) is 11.6 Å². The molecule has 0 fully saturated rings. The van der Waals surface area contributed by atoms with Gasteiger partial charge in [-0.15, -0.1) is 0 Å². The van der Waals surface area contributed by atoms with Crippen molar-refractivity contribution in [1.82, 2.24) is 5.43 Å². The van der Waals surface area contributed by atoms with Crippen molar-refractivity contribution < 1.29 is 19.7 Å². The van der Waals surface area contributed by atoms with E-state index < -0.39 is 5.91 Å². The van der Waals surface area contributed by atoms with E-state index >= 15 is 0 Å². The van der Waals surface area contributed by atoms with E-state index in [2.05, 4.69) is 17.5 Å². The maximum absolute atomic E-state index is 11.7. The maximum Gasteiger partial charge on any atom is 0.277 e. The number of hydrogen-bond acceptors (Lipinski definition) is 5. The molecule has 0 unspecified atom stereocenters. The number of phenols is 2. The van der Waals surface area contributed by atoms with Gasteiger partial charge in [-0.3, -0.25) is 4.79 Å². The first-order chi connectivity index (χ1) is 11.6. The number of carbonyl (C=O) groups excluding carboxylic acids is 1. The monoisotopic (exact) mass is 328 g/mol. The highest BCUT2D eigenvalue weighted by Gasteiger charge is 2.03. The standard InChI is InChI=1S/C18H20N2O4/c1-2-3-13-4-8-16(9-5-13)24-12-18(23)20-19-11-14-6-7-15(21)10-17(14)22/h4-11,21-22H,2-3,12H2,1H3,(H,20,23)/b19-11-. The first-order valence-corrected chi connectivity index (χ1v) is 7.64. The number of hydrogen-bond donors (Lipinski definition) is 3. The Morgan fingerprint density at radius 2 is 1.96 bits per heavy atom. The average Bonchev–Trinajstić information content (AvgIpc) is 2.56. The second kappa shape index (κ2) is 8.57. The van der Waals surface area contributed by atoms with Gasteiger partial charge in [-0.25, -0.2) is 5.43 Å². The molecular formula is C18H20N2O4. The Morgan fingerprint density at radius 1 is 1.21 bits per heavy atom. The van der Waals surface area contributed by atoms with Crippen molar-refractivity contribution in [2.45, 2.75) is 19.8 Å². The summed E-state index contributed by atoms with van der Waals surface area (Å²) < 4.78 is 5.37. The Labute approximate surface area is 140 Å². The Bertz CT molecular complexity index is 711. The normalized spacial score (nSPS) is 10.7. The molecule has 0 radical (unpaired) electrons. The van der Waals surface area contributed by atoms with Crippen molar-refractivity contribution in [3.05, 3.63) is 53.6 Å². The lowest BCUT2D eigenvalue weighted by Gasteiger charge is -2.06. The molecule has 2 aromatic rings. The van der Waals surface area contributed by atoms with Crippen LogP contribution in [-0.2, 0) is 11.2 Å². The molecule has 0 spiro atoms. The zero-order chi connectivity index (χ0) is 17.4. The number of aryl methyl sites for hydroxylation is 1. The zero-order valence-corrected chi connectivity index (χ0v) is 13.4. The van der Waals surface area contributed by atoms with Crippen molar-refractivity contribution in [2.75, 3.05) is 6.61 Å². The third-order valence-corrected chi connectivity index (χ3v) is 3.24. The van der Waals surface area contributed by atoms with Crippen LogP contribution in [-0.4, -0.2) is 28.9 Å². The molecule has 2 rings (SSSR count). The van der Waals surface area contributed by atoms with Gasteiger partial charge in [0.15, 0.2) is 6.61 Å². The molecule has 0 aliphatic heterocycles. The maximum atomic E-state index is 11.7. The summed E-state index contributed by atoms with van der Waals surface area (Å²) in [5.74, 6) is 0.0239. The summed E-state index contributed by atoms with van der Waals surface area (Å²) in [6, 6.07) is 11.7. The first-order valence-electron chi connectivity index (χ1n) is 7.64. The minimum atomic E-state index is -0.415. The van der Waals surface area contributed by atoms with E-state index in [4.69, 9.17) is 4.74 Å². The molecule has 1 amide bonds. The highest BCUT2D eigenvalue weighted by Crippen LogP contribution is 2.20. The number of rotatable bonds is 7. The zero-order valence-electron chi connectivity index (χ0n) is 13.4. The molecule has 0 bridgehead atoms. The SMILES string of the molecule is CCCc1ccc(OCC(=O)N/N=C\c2ccc(O)cc2O)cc1. The lowest BCUT2D eigenvalue weighted by Crippen LogP contribution is -2.24. The lowest BCUT2D eigenvalue weighted by molar-refractivity contribution is -0.123. The molecule has 0 aromatic heterocycles. The van der Waals surface area contributed by atoms with E-state index in [0.717, 1.165) is 12.8 Å². The number of benzene rings is 2. The van der Waals surface area contributed by atoms with Crippen molar-refractivity contribution in [3.63, 3.8) is 0 Å². The number of phenolic OH excluding ortho intramolecular Hbond substituents is 2. The first kappa shape index (κ1) is 17.3. The largest absolute Gasteiger partial charge is 0.508 e. The molecule has 6 nitrogen and oxygen atoms in total. The van der Waals surface area contributed by atoms with Gasteiger partial charge in [-0.1, -0.05) is 25.5 Å².